The van der Waals surface area contributed by atoms with E-state index in [4.69, 9.17) is 16.3 Å². The molecule has 0 saturated carbocycles. The zero-order valence-corrected chi connectivity index (χ0v) is 20.6. The molecule has 0 aliphatic carbocycles. The van der Waals surface area contributed by atoms with Gasteiger partial charge in [0.05, 0.1) is 46.7 Å². The van der Waals surface area contributed by atoms with Crippen LogP contribution in [0, 0.1) is 11.3 Å². The number of H-pyrrole nitrogens is 1. The van der Waals surface area contributed by atoms with Crippen LogP contribution >= 0.6 is 11.6 Å². The third-order valence-corrected chi connectivity index (χ3v) is 6.25. The molecule has 3 N–H and O–H groups in total. The molecule has 3 heterocycles. The first-order chi connectivity index (χ1) is 18.2. The molecule has 0 aliphatic rings. The number of halogens is 1. The molecule has 0 aliphatic heterocycles. The topological polar surface area (TPSA) is 124 Å². The lowest BCUT2D eigenvalue weighted by molar-refractivity contribution is 0.186. The van der Waals surface area contributed by atoms with Gasteiger partial charge in [-0.1, -0.05) is 48.0 Å². The van der Waals surface area contributed by atoms with E-state index in [1.165, 1.54) is 6.20 Å². The summed E-state index contributed by atoms with van der Waals surface area (Å²) in [4.78, 5) is 8.72. The van der Waals surface area contributed by atoms with Crippen LogP contribution in [-0.2, 0) is 4.74 Å². The molecule has 0 amide bonds. The summed E-state index contributed by atoms with van der Waals surface area (Å²) in [7, 11) is 1.65. The molecular formula is C27H23ClN8O. The fourth-order valence-electron chi connectivity index (χ4n) is 4.22. The lowest BCUT2D eigenvalue weighted by Crippen LogP contribution is -2.17. The van der Waals surface area contributed by atoms with E-state index in [0.29, 0.717) is 39.5 Å². The summed E-state index contributed by atoms with van der Waals surface area (Å²) in [5.41, 5.74) is 4.95. The molecule has 5 aromatic rings. The van der Waals surface area contributed by atoms with Crippen LogP contribution in [0.15, 0.2) is 79.4 Å². The standard InChI is InChI=1S/C27H23ClN8O/c1-37-16-24(17-6-3-2-4-7-17)34-25-19(12-29)14-31-27-21(25)10-20(11-22(27)28)33-26(23-15-32-36-35-23)18-8-5-9-30-13-18/h2-11,13-15,24,26,33H,16H2,1H3,(H,31,34)(H,32,35,36). The van der Waals surface area contributed by atoms with Crippen LogP contribution in [0.5, 0.6) is 0 Å². The second-order valence-electron chi connectivity index (χ2n) is 8.33. The van der Waals surface area contributed by atoms with Crippen molar-refractivity contribution in [1.82, 2.24) is 25.4 Å². The maximum atomic E-state index is 9.91. The predicted molar refractivity (Wildman–Crippen MR) is 142 cm³/mol. The van der Waals surface area contributed by atoms with Gasteiger partial charge in [-0.15, -0.1) is 0 Å². The van der Waals surface area contributed by atoms with Gasteiger partial charge in [-0.2, -0.15) is 20.7 Å². The zero-order chi connectivity index (χ0) is 25.6. The zero-order valence-electron chi connectivity index (χ0n) is 19.9. The molecule has 2 atom stereocenters. The minimum absolute atomic E-state index is 0.197. The van der Waals surface area contributed by atoms with Crippen LogP contribution in [0.4, 0.5) is 11.4 Å². The second-order valence-corrected chi connectivity index (χ2v) is 8.74. The van der Waals surface area contributed by atoms with Crippen molar-refractivity contribution in [3.8, 4) is 6.07 Å². The van der Waals surface area contributed by atoms with E-state index >= 15 is 0 Å². The van der Waals surface area contributed by atoms with Gasteiger partial charge < -0.3 is 15.4 Å². The lowest BCUT2D eigenvalue weighted by Gasteiger charge is -2.23. The van der Waals surface area contributed by atoms with Crippen LogP contribution in [0.1, 0.15) is 34.5 Å². The maximum absolute atomic E-state index is 9.91. The Labute approximate surface area is 218 Å². The van der Waals surface area contributed by atoms with Crippen molar-refractivity contribution in [3.63, 3.8) is 0 Å². The number of ether oxygens (including phenoxy) is 1. The maximum Gasteiger partial charge on any atom is 0.109 e. The van der Waals surface area contributed by atoms with E-state index in [-0.39, 0.29) is 12.1 Å². The van der Waals surface area contributed by atoms with Gasteiger partial charge in [0.15, 0.2) is 0 Å². The summed E-state index contributed by atoms with van der Waals surface area (Å²) in [6.45, 7) is 0.402. The van der Waals surface area contributed by atoms with Crippen LogP contribution in [0.3, 0.4) is 0 Å². The van der Waals surface area contributed by atoms with Gasteiger partial charge in [-0.05, 0) is 29.3 Å². The van der Waals surface area contributed by atoms with Gasteiger partial charge in [0.25, 0.3) is 0 Å². The Morgan fingerprint density at radius 1 is 1.05 bits per heavy atom. The number of aromatic amines is 1. The van der Waals surface area contributed by atoms with Gasteiger partial charge in [0.2, 0.25) is 0 Å². The molecule has 184 valence electrons. The highest BCUT2D eigenvalue weighted by Gasteiger charge is 2.21. The molecule has 5 rings (SSSR count). The smallest absolute Gasteiger partial charge is 0.109 e. The summed E-state index contributed by atoms with van der Waals surface area (Å²) >= 11 is 6.71. The molecule has 0 bridgehead atoms. The number of nitriles is 1. The van der Waals surface area contributed by atoms with E-state index < -0.39 is 0 Å². The SMILES string of the molecule is COCC(Nc1c(C#N)cnc2c(Cl)cc(NC(c3cccnc3)c3cn[nH]n3)cc12)c1ccccc1. The Kier molecular flexibility index (Phi) is 7.21. The molecular weight excluding hydrogens is 488 g/mol. The Hall–Kier alpha value is -4.52. The summed E-state index contributed by atoms with van der Waals surface area (Å²) in [5, 5.41) is 29.0. The molecule has 37 heavy (non-hydrogen) atoms. The number of rotatable bonds is 9. The average Bonchev–Trinajstić information content (AvgIpc) is 3.47. The third-order valence-electron chi connectivity index (χ3n) is 5.96. The first-order valence-electron chi connectivity index (χ1n) is 11.5. The number of hydrogen-bond acceptors (Lipinski definition) is 8. The quantitative estimate of drug-likeness (QED) is 0.245. The summed E-state index contributed by atoms with van der Waals surface area (Å²) in [6.07, 6.45) is 6.68. The molecule has 2 unspecified atom stereocenters. The first kappa shape index (κ1) is 24.2. The van der Waals surface area contributed by atoms with Crippen molar-refractivity contribution >= 4 is 33.9 Å². The van der Waals surface area contributed by atoms with E-state index in [1.807, 2.05) is 48.5 Å². The van der Waals surface area contributed by atoms with Crippen LogP contribution in [0.25, 0.3) is 10.9 Å². The van der Waals surface area contributed by atoms with Crippen LogP contribution in [0.2, 0.25) is 5.02 Å². The molecule has 0 radical (unpaired) electrons. The van der Waals surface area contributed by atoms with Gasteiger partial charge >= 0.3 is 0 Å². The van der Waals surface area contributed by atoms with Crippen molar-refractivity contribution in [2.24, 2.45) is 0 Å². The summed E-state index contributed by atoms with van der Waals surface area (Å²) in [6, 6.07) is 19.2. The highest BCUT2D eigenvalue weighted by molar-refractivity contribution is 6.35. The second kappa shape index (κ2) is 11.0. The van der Waals surface area contributed by atoms with Crippen molar-refractivity contribution in [1.29, 1.82) is 5.26 Å². The number of methoxy groups -OCH3 is 1. The van der Waals surface area contributed by atoms with Crippen molar-refractivity contribution in [3.05, 3.63) is 107 Å². The van der Waals surface area contributed by atoms with Crippen LogP contribution < -0.4 is 10.6 Å². The average molecular weight is 511 g/mol. The van der Waals surface area contributed by atoms with Gasteiger partial charge in [-0.3, -0.25) is 9.97 Å². The molecule has 0 spiro atoms. The highest BCUT2D eigenvalue weighted by Crippen LogP contribution is 2.36. The Balaban J connectivity index is 1.60. The number of aromatic nitrogens is 5. The number of nitrogens with one attached hydrogen (secondary N) is 3. The lowest BCUT2D eigenvalue weighted by atomic mass is 10.0. The monoisotopic (exact) mass is 510 g/mol. The summed E-state index contributed by atoms with van der Waals surface area (Å²) < 4.78 is 5.49. The molecule has 3 aromatic heterocycles. The van der Waals surface area contributed by atoms with Crippen LogP contribution in [-0.4, -0.2) is 39.1 Å². The number of benzene rings is 2. The van der Waals surface area contributed by atoms with E-state index in [1.54, 1.807) is 31.8 Å². The number of anilines is 2. The van der Waals surface area contributed by atoms with Gasteiger partial charge in [0, 0.05) is 36.8 Å². The number of hydrogen-bond donors (Lipinski definition) is 3. The fraction of sp³-hybridized carbons (Fsp3) is 0.148. The van der Waals surface area contributed by atoms with Gasteiger partial charge in [-0.25, -0.2) is 0 Å². The van der Waals surface area contributed by atoms with Crippen molar-refractivity contribution in [2.75, 3.05) is 24.4 Å². The molecule has 9 nitrogen and oxygen atoms in total. The number of fused-ring (bicyclic) bond motifs is 1. The molecule has 2 aromatic carbocycles. The fourth-order valence-corrected chi connectivity index (χ4v) is 4.49. The molecule has 0 fully saturated rings. The first-order valence-corrected chi connectivity index (χ1v) is 11.9. The Bertz CT molecular complexity index is 1520. The van der Waals surface area contributed by atoms with Crippen molar-refractivity contribution in [2.45, 2.75) is 12.1 Å². The molecule has 0 saturated heterocycles. The Morgan fingerprint density at radius 2 is 1.89 bits per heavy atom. The number of pyridine rings is 2. The third kappa shape index (κ3) is 5.21. The van der Waals surface area contributed by atoms with E-state index in [2.05, 4.69) is 42.1 Å². The van der Waals surface area contributed by atoms with Crippen molar-refractivity contribution < 1.29 is 4.74 Å². The normalized spacial score (nSPS) is 12.6. The minimum atomic E-state index is -0.338. The minimum Gasteiger partial charge on any atom is -0.382 e. The highest BCUT2D eigenvalue weighted by atomic mass is 35.5. The number of nitrogens with zero attached hydrogens (tertiary/aromatic N) is 5. The molecule has 10 heteroatoms. The largest absolute Gasteiger partial charge is 0.382 e. The predicted octanol–water partition coefficient (Wildman–Crippen LogP) is 5.27. The van der Waals surface area contributed by atoms with Gasteiger partial charge in [0.1, 0.15) is 11.8 Å². The van der Waals surface area contributed by atoms with E-state index in [0.717, 1.165) is 16.8 Å². The van der Waals surface area contributed by atoms with E-state index in [9.17, 15) is 5.26 Å². The Morgan fingerprint density at radius 3 is 2.59 bits per heavy atom. The summed E-state index contributed by atoms with van der Waals surface area (Å²) in [5.74, 6) is 0.